The van der Waals surface area contributed by atoms with Crippen LogP contribution in [0.15, 0.2) is 12.1 Å². The van der Waals surface area contributed by atoms with Crippen LogP contribution in [-0.4, -0.2) is 51.8 Å². The number of carbonyl (C=O) groups excluding carboxylic acids is 2. The lowest BCUT2D eigenvalue weighted by Crippen LogP contribution is -2.38. The molecule has 0 spiro atoms. The number of rotatable bonds is 6. The Bertz CT molecular complexity index is 545. The molecule has 0 fully saturated rings. The second-order valence-electron chi connectivity index (χ2n) is 4.85. The number of likely N-dealkylation sites (N-methyl/N-ethyl adjacent to an activating group) is 1. The Morgan fingerprint density at radius 3 is 2.27 bits per heavy atom. The average molecular weight is 310 g/mol. The number of carbonyl (C=O) groups is 2. The molecule has 1 N–H and O–H groups in total. The van der Waals surface area contributed by atoms with Gasteiger partial charge >= 0.3 is 6.09 Å². The highest BCUT2D eigenvalue weighted by Gasteiger charge is 2.13. The van der Waals surface area contributed by atoms with E-state index in [0.717, 1.165) is 11.1 Å². The normalized spacial score (nSPS) is 10.3. The van der Waals surface area contributed by atoms with Crippen molar-refractivity contribution in [2.75, 3.05) is 34.9 Å². The van der Waals surface area contributed by atoms with Crippen LogP contribution in [0.2, 0.25) is 0 Å². The van der Waals surface area contributed by atoms with E-state index in [4.69, 9.17) is 9.47 Å². The van der Waals surface area contributed by atoms with Crippen LogP contribution < -0.4 is 14.8 Å². The fourth-order valence-corrected chi connectivity index (χ4v) is 1.99. The number of alkyl carbamates (subject to hydrolysis) is 1. The first-order chi connectivity index (χ1) is 10.4. The Morgan fingerprint density at radius 2 is 1.73 bits per heavy atom. The van der Waals surface area contributed by atoms with E-state index in [1.165, 1.54) is 7.11 Å². The number of aryl methyl sites for hydroxylation is 1. The van der Waals surface area contributed by atoms with Crippen LogP contribution in [0.4, 0.5) is 4.79 Å². The average Bonchev–Trinajstić information content (AvgIpc) is 2.48. The van der Waals surface area contributed by atoms with Crippen molar-refractivity contribution >= 4 is 12.0 Å². The lowest BCUT2D eigenvalue weighted by Gasteiger charge is -2.19. The van der Waals surface area contributed by atoms with Gasteiger partial charge in [0.25, 0.3) is 0 Å². The Hall–Kier alpha value is -2.28. The molecule has 0 saturated heterocycles. The fraction of sp³-hybridized carbons (Fsp3) is 0.467. The molecule has 1 aromatic carbocycles. The van der Waals surface area contributed by atoms with Crippen molar-refractivity contribution in [3.8, 4) is 11.5 Å². The van der Waals surface area contributed by atoms with E-state index in [-0.39, 0.29) is 6.54 Å². The van der Waals surface area contributed by atoms with E-state index in [2.05, 4.69) is 10.1 Å². The topological polar surface area (TPSA) is 77.1 Å². The van der Waals surface area contributed by atoms with Crippen molar-refractivity contribution < 1.29 is 23.8 Å². The first kappa shape index (κ1) is 17.8. The Labute approximate surface area is 130 Å². The number of methoxy groups -OCH3 is 3. The third-order valence-electron chi connectivity index (χ3n) is 3.12. The summed E-state index contributed by atoms with van der Waals surface area (Å²) >= 11 is 0. The first-order valence-corrected chi connectivity index (χ1v) is 6.69. The van der Waals surface area contributed by atoms with Crippen LogP contribution in [0.25, 0.3) is 0 Å². The molecule has 0 aromatic heterocycles. The van der Waals surface area contributed by atoms with Gasteiger partial charge in [0.1, 0.15) is 0 Å². The molecule has 0 aliphatic rings. The lowest BCUT2D eigenvalue weighted by atomic mass is 10.1. The zero-order chi connectivity index (χ0) is 16.7. The molecule has 122 valence electrons. The minimum atomic E-state index is -0.763. The van der Waals surface area contributed by atoms with Crippen LogP contribution in [0.3, 0.4) is 0 Å². The number of hydrogen-bond donors (Lipinski definition) is 1. The quantitative estimate of drug-likeness (QED) is 0.854. The predicted molar refractivity (Wildman–Crippen MR) is 81.2 cm³/mol. The molecule has 0 aliphatic carbocycles. The summed E-state index contributed by atoms with van der Waals surface area (Å²) in [4.78, 5) is 24.4. The summed E-state index contributed by atoms with van der Waals surface area (Å²) in [6.45, 7) is 2.56. The molecule has 7 nitrogen and oxygen atoms in total. The zero-order valence-electron chi connectivity index (χ0n) is 13.6. The molecule has 1 aromatic rings. The van der Waals surface area contributed by atoms with Crippen LogP contribution in [0.5, 0.6) is 11.5 Å². The number of amides is 2. The molecule has 22 heavy (non-hydrogen) atoms. The van der Waals surface area contributed by atoms with E-state index in [9.17, 15) is 9.59 Å². The Balaban J connectivity index is 2.73. The van der Waals surface area contributed by atoms with Crippen LogP contribution >= 0.6 is 0 Å². The smallest absolute Gasteiger partial charge is 0.413 e. The van der Waals surface area contributed by atoms with Gasteiger partial charge in [-0.05, 0) is 37.2 Å². The molecular weight excluding hydrogens is 288 g/mol. The van der Waals surface area contributed by atoms with Gasteiger partial charge in [-0.25, -0.2) is 4.79 Å². The highest BCUT2D eigenvalue weighted by Crippen LogP contribution is 2.30. The second kappa shape index (κ2) is 8.23. The van der Waals surface area contributed by atoms with Gasteiger partial charge in [-0.3, -0.25) is 15.0 Å². The number of benzene rings is 1. The highest BCUT2D eigenvalue weighted by atomic mass is 16.5. The molecule has 0 saturated carbocycles. The third-order valence-corrected chi connectivity index (χ3v) is 3.12. The van der Waals surface area contributed by atoms with Crippen molar-refractivity contribution in [2.24, 2.45) is 0 Å². The van der Waals surface area contributed by atoms with Gasteiger partial charge < -0.3 is 14.2 Å². The molecule has 1 rings (SSSR count). The SMILES string of the molecule is COC(=O)NC(=O)CN(C)Cc1cc(OC)c(OC)cc1C. The van der Waals surface area contributed by atoms with Gasteiger partial charge in [0.2, 0.25) is 5.91 Å². The molecule has 0 aliphatic heterocycles. The summed E-state index contributed by atoms with van der Waals surface area (Å²) in [6, 6.07) is 3.76. The molecule has 0 unspecified atom stereocenters. The number of nitrogens with zero attached hydrogens (tertiary/aromatic N) is 1. The van der Waals surface area contributed by atoms with Crippen LogP contribution in [-0.2, 0) is 16.1 Å². The molecule has 2 amide bonds. The monoisotopic (exact) mass is 310 g/mol. The van der Waals surface area contributed by atoms with E-state index in [0.29, 0.717) is 18.0 Å². The maximum atomic E-state index is 11.6. The van der Waals surface area contributed by atoms with E-state index >= 15 is 0 Å². The van der Waals surface area contributed by atoms with E-state index in [1.807, 2.05) is 19.1 Å². The molecule has 0 bridgehead atoms. The van der Waals surface area contributed by atoms with Gasteiger partial charge in [-0.2, -0.15) is 0 Å². The minimum absolute atomic E-state index is 0.0723. The third kappa shape index (κ3) is 4.92. The molecule has 0 heterocycles. The Kier molecular flexibility index (Phi) is 6.65. The molecule has 0 radical (unpaired) electrons. The lowest BCUT2D eigenvalue weighted by molar-refractivity contribution is -0.121. The van der Waals surface area contributed by atoms with Crippen molar-refractivity contribution in [2.45, 2.75) is 13.5 Å². The van der Waals surface area contributed by atoms with Crippen molar-refractivity contribution in [1.29, 1.82) is 0 Å². The summed E-state index contributed by atoms with van der Waals surface area (Å²) < 4.78 is 14.9. The maximum Gasteiger partial charge on any atom is 0.413 e. The van der Waals surface area contributed by atoms with Crippen molar-refractivity contribution in [3.63, 3.8) is 0 Å². The largest absolute Gasteiger partial charge is 0.493 e. The zero-order valence-corrected chi connectivity index (χ0v) is 13.6. The van der Waals surface area contributed by atoms with Gasteiger partial charge in [0.05, 0.1) is 27.9 Å². The van der Waals surface area contributed by atoms with Gasteiger partial charge in [-0.15, -0.1) is 0 Å². The Morgan fingerprint density at radius 1 is 1.14 bits per heavy atom. The summed E-state index contributed by atoms with van der Waals surface area (Å²) in [7, 11) is 6.15. The van der Waals surface area contributed by atoms with Gasteiger partial charge in [0, 0.05) is 6.54 Å². The summed E-state index contributed by atoms with van der Waals surface area (Å²) in [6.07, 6.45) is -0.763. The highest BCUT2D eigenvalue weighted by molar-refractivity contribution is 5.92. The van der Waals surface area contributed by atoms with Gasteiger partial charge in [0.15, 0.2) is 11.5 Å². The minimum Gasteiger partial charge on any atom is -0.493 e. The van der Waals surface area contributed by atoms with Crippen LogP contribution in [0, 0.1) is 6.92 Å². The van der Waals surface area contributed by atoms with E-state index in [1.54, 1.807) is 26.2 Å². The summed E-state index contributed by atoms with van der Waals surface area (Å²) in [5, 5.41) is 2.12. The number of ether oxygens (including phenoxy) is 3. The molecular formula is C15H22N2O5. The van der Waals surface area contributed by atoms with Crippen molar-refractivity contribution in [3.05, 3.63) is 23.3 Å². The predicted octanol–water partition coefficient (Wildman–Crippen LogP) is 1.33. The standard InChI is InChI=1S/C15H22N2O5/c1-10-6-12(20-3)13(21-4)7-11(10)8-17(2)9-14(18)16-15(19)22-5/h6-7H,8-9H2,1-5H3,(H,16,18,19). The maximum absolute atomic E-state index is 11.6. The van der Waals surface area contributed by atoms with Crippen molar-refractivity contribution in [1.82, 2.24) is 10.2 Å². The van der Waals surface area contributed by atoms with Gasteiger partial charge in [-0.1, -0.05) is 0 Å². The number of imide groups is 1. The molecule has 7 heteroatoms. The number of hydrogen-bond acceptors (Lipinski definition) is 6. The number of nitrogens with one attached hydrogen (secondary N) is 1. The summed E-state index contributed by atoms with van der Waals surface area (Å²) in [5.74, 6) is 0.873. The van der Waals surface area contributed by atoms with Crippen LogP contribution in [0.1, 0.15) is 11.1 Å². The fourth-order valence-electron chi connectivity index (χ4n) is 1.99. The summed E-state index contributed by atoms with van der Waals surface area (Å²) in [5.41, 5.74) is 2.03. The second-order valence-corrected chi connectivity index (χ2v) is 4.85. The van der Waals surface area contributed by atoms with E-state index < -0.39 is 12.0 Å². The molecule has 0 atom stereocenters. The first-order valence-electron chi connectivity index (χ1n) is 6.69.